The van der Waals surface area contributed by atoms with E-state index >= 15 is 0 Å². The smallest absolute Gasteiger partial charge is 0.326 e. The van der Waals surface area contributed by atoms with E-state index in [1.165, 1.54) is 24.3 Å². The molecule has 0 fully saturated rings. The van der Waals surface area contributed by atoms with Gasteiger partial charge in [-0.1, -0.05) is 12.1 Å². The van der Waals surface area contributed by atoms with Crippen LogP contribution in [0.1, 0.15) is 31.7 Å². The van der Waals surface area contributed by atoms with E-state index in [4.69, 9.17) is 15.9 Å². The van der Waals surface area contributed by atoms with Crippen molar-refractivity contribution in [3.8, 4) is 5.75 Å². The van der Waals surface area contributed by atoms with Crippen LogP contribution in [0.3, 0.4) is 0 Å². The Bertz CT molecular complexity index is 997. The second-order valence-electron chi connectivity index (χ2n) is 8.19. The molecular formula is C22H30N4O11. The number of benzene rings is 1. The molecule has 0 aliphatic rings. The van der Waals surface area contributed by atoms with Crippen LogP contribution in [-0.4, -0.2) is 91.4 Å². The number of aliphatic hydroxyl groups excluding tert-OH is 1. The highest BCUT2D eigenvalue weighted by molar-refractivity contribution is 5.95. The molecule has 10 N–H and O–H groups in total. The second kappa shape index (κ2) is 14.4. The Balaban J connectivity index is 3.13. The first-order valence-electron chi connectivity index (χ1n) is 11.0. The second-order valence-corrected chi connectivity index (χ2v) is 8.19. The van der Waals surface area contributed by atoms with Crippen molar-refractivity contribution in [3.05, 3.63) is 29.8 Å². The van der Waals surface area contributed by atoms with Crippen molar-refractivity contribution in [2.24, 2.45) is 5.73 Å². The van der Waals surface area contributed by atoms with Crippen molar-refractivity contribution in [2.45, 2.75) is 62.9 Å². The Kier molecular flexibility index (Phi) is 11.9. The molecule has 0 aliphatic carbocycles. The molecule has 0 heterocycles. The lowest BCUT2D eigenvalue weighted by Gasteiger charge is -2.26. The zero-order valence-electron chi connectivity index (χ0n) is 19.8. The molecule has 0 bridgehead atoms. The fourth-order valence-electron chi connectivity index (χ4n) is 3.08. The molecule has 0 saturated carbocycles. The average Bonchev–Trinajstić information content (AvgIpc) is 2.79. The van der Waals surface area contributed by atoms with Gasteiger partial charge in [0.25, 0.3) is 0 Å². The summed E-state index contributed by atoms with van der Waals surface area (Å²) in [5.41, 5.74) is 5.90. The molecule has 1 rings (SSSR count). The van der Waals surface area contributed by atoms with Gasteiger partial charge in [-0.05, 0) is 31.0 Å². The van der Waals surface area contributed by atoms with E-state index in [0.717, 1.165) is 6.92 Å². The summed E-state index contributed by atoms with van der Waals surface area (Å²) in [5, 5.41) is 53.0. The first-order valence-corrected chi connectivity index (χ1v) is 11.0. The summed E-state index contributed by atoms with van der Waals surface area (Å²) in [6.07, 6.45) is -3.48. The van der Waals surface area contributed by atoms with Crippen molar-refractivity contribution < 1.29 is 54.3 Å². The SMILES string of the molecule is CC(O)C(NC(=O)C(N)CC(=O)O)C(=O)NC(Cc1ccc(O)cc1)C(=O)NC(CCC(=O)O)C(=O)O. The minimum Gasteiger partial charge on any atom is -0.508 e. The quantitative estimate of drug-likeness (QED) is 0.115. The van der Waals surface area contributed by atoms with Crippen LogP contribution < -0.4 is 21.7 Å². The largest absolute Gasteiger partial charge is 0.508 e. The van der Waals surface area contributed by atoms with E-state index in [-0.39, 0.29) is 12.2 Å². The van der Waals surface area contributed by atoms with Gasteiger partial charge in [0.1, 0.15) is 23.9 Å². The van der Waals surface area contributed by atoms with Crippen LogP contribution in [0, 0.1) is 0 Å². The Morgan fingerprint density at radius 2 is 1.41 bits per heavy atom. The molecular weight excluding hydrogens is 496 g/mol. The van der Waals surface area contributed by atoms with E-state index in [9.17, 15) is 44.1 Å². The average molecular weight is 526 g/mol. The molecule has 15 nitrogen and oxygen atoms in total. The summed E-state index contributed by atoms with van der Waals surface area (Å²) >= 11 is 0. The molecule has 3 amide bonds. The van der Waals surface area contributed by atoms with Gasteiger partial charge >= 0.3 is 17.9 Å². The van der Waals surface area contributed by atoms with E-state index in [0.29, 0.717) is 5.56 Å². The summed E-state index contributed by atoms with van der Waals surface area (Å²) in [4.78, 5) is 71.1. The van der Waals surface area contributed by atoms with Gasteiger partial charge in [0, 0.05) is 12.8 Å². The molecule has 5 atom stereocenters. The lowest BCUT2D eigenvalue weighted by atomic mass is 10.0. The molecule has 0 aliphatic heterocycles. The predicted molar refractivity (Wildman–Crippen MR) is 124 cm³/mol. The zero-order chi connectivity index (χ0) is 28.3. The Morgan fingerprint density at radius 3 is 1.89 bits per heavy atom. The van der Waals surface area contributed by atoms with E-state index in [1.54, 1.807) is 0 Å². The van der Waals surface area contributed by atoms with E-state index < -0.39 is 85.2 Å². The van der Waals surface area contributed by atoms with Crippen molar-refractivity contribution >= 4 is 35.6 Å². The fraction of sp³-hybridized carbons (Fsp3) is 0.455. The van der Waals surface area contributed by atoms with Gasteiger partial charge in [-0.2, -0.15) is 0 Å². The van der Waals surface area contributed by atoms with Gasteiger partial charge in [-0.15, -0.1) is 0 Å². The maximum atomic E-state index is 12.9. The third-order valence-corrected chi connectivity index (χ3v) is 5.06. The Morgan fingerprint density at radius 1 is 0.838 bits per heavy atom. The molecule has 37 heavy (non-hydrogen) atoms. The topological polar surface area (TPSA) is 266 Å². The van der Waals surface area contributed by atoms with Crippen molar-refractivity contribution in [1.29, 1.82) is 0 Å². The van der Waals surface area contributed by atoms with E-state index in [2.05, 4.69) is 16.0 Å². The number of carboxylic acids is 3. The summed E-state index contributed by atoms with van der Waals surface area (Å²) in [6.45, 7) is 1.15. The van der Waals surface area contributed by atoms with Crippen molar-refractivity contribution in [2.75, 3.05) is 0 Å². The molecule has 0 saturated heterocycles. The lowest BCUT2D eigenvalue weighted by Crippen LogP contribution is -2.60. The van der Waals surface area contributed by atoms with Crippen LogP contribution in [-0.2, 0) is 35.2 Å². The van der Waals surface area contributed by atoms with Gasteiger partial charge in [-0.25, -0.2) is 4.79 Å². The number of nitrogens with one attached hydrogen (secondary N) is 3. The number of carbonyl (C=O) groups is 6. The molecule has 204 valence electrons. The summed E-state index contributed by atoms with van der Waals surface area (Å²) < 4.78 is 0. The lowest BCUT2D eigenvalue weighted by molar-refractivity contribution is -0.143. The van der Waals surface area contributed by atoms with Gasteiger partial charge in [-0.3, -0.25) is 24.0 Å². The van der Waals surface area contributed by atoms with Gasteiger partial charge in [0.05, 0.1) is 18.6 Å². The maximum Gasteiger partial charge on any atom is 0.326 e. The fourth-order valence-corrected chi connectivity index (χ4v) is 3.08. The number of nitrogens with two attached hydrogens (primary N) is 1. The molecule has 1 aromatic carbocycles. The Labute approximate surface area is 210 Å². The van der Waals surface area contributed by atoms with Crippen LogP contribution in [0.4, 0.5) is 0 Å². The first-order chi connectivity index (χ1) is 17.2. The van der Waals surface area contributed by atoms with Gasteiger partial charge in [0.2, 0.25) is 17.7 Å². The predicted octanol–water partition coefficient (Wildman–Crippen LogP) is -2.48. The highest BCUT2D eigenvalue weighted by Gasteiger charge is 2.33. The summed E-state index contributed by atoms with van der Waals surface area (Å²) in [5.74, 6) is -7.37. The number of aliphatic carboxylic acids is 3. The monoisotopic (exact) mass is 526 g/mol. The number of carboxylic acid groups (broad SMARTS) is 3. The van der Waals surface area contributed by atoms with Crippen molar-refractivity contribution in [1.82, 2.24) is 16.0 Å². The van der Waals surface area contributed by atoms with Crippen molar-refractivity contribution in [3.63, 3.8) is 0 Å². The molecule has 0 spiro atoms. The molecule has 0 aromatic heterocycles. The van der Waals surface area contributed by atoms with E-state index in [1.807, 2.05) is 0 Å². The normalized spacial score (nSPS) is 14.8. The minimum atomic E-state index is -1.66. The summed E-state index contributed by atoms with van der Waals surface area (Å²) in [7, 11) is 0. The number of rotatable bonds is 15. The minimum absolute atomic E-state index is 0.0806. The van der Waals surface area contributed by atoms with Crippen LogP contribution in [0.25, 0.3) is 0 Å². The molecule has 15 heteroatoms. The summed E-state index contributed by atoms with van der Waals surface area (Å²) in [6, 6.07) is -0.778. The molecule has 5 unspecified atom stereocenters. The zero-order valence-corrected chi connectivity index (χ0v) is 19.8. The standard InChI is InChI=1S/C22H30N4O11/c1-10(27)18(26-19(33)13(23)9-17(31)32)21(35)25-15(8-11-2-4-12(28)5-3-11)20(34)24-14(22(36)37)6-7-16(29)30/h2-5,10,13-15,18,27-28H,6-9,23H2,1H3,(H,24,34)(H,25,35)(H,26,33)(H,29,30)(H,31,32)(H,36,37). The van der Waals surface area contributed by atoms with Gasteiger partial charge < -0.3 is 47.2 Å². The number of aliphatic hydroxyl groups is 1. The molecule has 0 radical (unpaired) electrons. The van der Waals surface area contributed by atoms with Crippen LogP contribution >= 0.6 is 0 Å². The molecule has 1 aromatic rings. The van der Waals surface area contributed by atoms with Crippen LogP contribution in [0.5, 0.6) is 5.75 Å². The number of hydrogen-bond donors (Lipinski definition) is 9. The number of hydrogen-bond acceptors (Lipinski definition) is 9. The third-order valence-electron chi connectivity index (χ3n) is 5.06. The maximum absolute atomic E-state index is 12.9. The highest BCUT2D eigenvalue weighted by atomic mass is 16.4. The number of aromatic hydroxyl groups is 1. The van der Waals surface area contributed by atoms with Gasteiger partial charge in [0.15, 0.2) is 0 Å². The number of carbonyl (C=O) groups excluding carboxylic acids is 3. The third kappa shape index (κ3) is 10.9. The first kappa shape index (κ1) is 30.8. The number of phenolic OH excluding ortho intramolecular Hbond substituents is 1. The highest BCUT2D eigenvalue weighted by Crippen LogP contribution is 2.12. The number of amides is 3. The van der Waals surface area contributed by atoms with Crippen LogP contribution in [0.15, 0.2) is 24.3 Å². The van der Waals surface area contributed by atoms with Crippen LogP contribution in [0.2, 0.25) is 0 Å². The number of phenols is 1. The Hall–Kier alpha value is -4.24.